The number of aliphatic hydroxyl groups is 1. The van der Waals surface area contributed by atoms with Gasteiger partial charge in [0.05, 0.1) is 18.6 Å². The van der Waals surface area contributed by atoms with Crippen LogP contribution in [0.5, 0.6) is 0 Å². The third-order valence-corrected chi connectivity index (χ3v) is 5.17. The molecule has 0 aromatic heterocycles. The van der Waals surface area contributed by atoms with E-state index in [9.17, 15) is 9.90 Å². The number of carbonyl (C=O) groups excluding carboxylic acids is 1. The van der Waals surface area contributed by atoms with Gasteiger partial charge in [-0.25, -0.2) is 9.18 Å². The molecule has 1 N–H and O–H groups in total. The SMILES string of the molecule is CCOC(=O)C(F)(C(C)O)C(/C=C/c1cccc(Br)c1)c1cccc(Br)c1. The number of carbonyl (C=O) groups is 1. The molecule has 0 saturated heterocycles. The number of benzene rings is 2. The van der Waals surface area contributed by atoms with Crippen molar-refractivity contribution in [2.75, 3.05) is 6.61 Å². The van der Waals surface area contributed by atoms with Gasteiger partial charge in [-0.05, 0) is 49.2 Å². The molecule has 2 aromatic rings. The minimum Gasteiger partial charge on any atom is -0.464 e. The van der Waals surface area contributed by atoms with Gasteiger partial charge in [-0.1, -0.05) is 68.3 Å². The van der Waals surface area contributed by atoms with Crippen LogP contribution in [0, 0.1) is 0 Å². The predicted octanol–water partition coefficient (Wildman–Crippen LogP) is 5.66. The summed E-state index contributed by atoms with van der Waals surface area (Å²) in [7, 11) is 0. The predicted molar refractivity (Wildman–Crippen MR) is 112 cm³/mol. The van der Waals surface area contributed by atoms with Crippen molar-refractivity contribution in [3.8, 4) is 0 Å². The van der Waals surface area contributed by atoms with Gasteiger partial charge in [0.2, 0.25) is 5.67 Å². The van der Waals surface area contributed by atoms with Gasteiger partial charge in [-0.3, -0.25) is 0 Å². The van der Waals surface area contributed by atoms with Crippen LogP contribution < -0.4 is 0 Å². The molecular weight excluding hydrogens is 479 g/mol. The van der Waals surface area contributed by atoms with Crippen LogP contribution in [0.4, 0.5) is 4.39 Å². The van der Waals surface area contributed by atoms with Crippen LogP contribution in [0.25, 0.3) is 6.08 Å². The van der Waals surface area contributed by atoms with E-state index in [1.807, 2.05) is 30.3 Å². The molecule has 27 heavy (non-hydrogen) atoms. The number of halogens is 3. The fraction of sp³-hybridized carbons (Fsp3) is 0.286. The number of hydrogen-bond acceptors (Lipinski definition) is 3. The molecule has 0 saturated carbocycles. The van der Waals surface area contributed by atoms with Crippen LogP contribution in [0.1, 0.15) is 30.9 Å². The maximum absolute atomic E-state index is 16.0. The summed E-state index contributed by atoms with van der Waals surface area (Å²) in [5, 5.41) is 10.2. The van der Waals surface area contributed by atoms with E-state index in [1.165, 1.54) is 6.92 Å². The molecule has 144 valence electrons. The maximum atomic E-state index is 16.0. The molecule has 0 radical (unpaired) electrons. The highest BCUT2D eigenvalue weighted by Gasteiger charge is 2.51. The third kappa shape index (κ3) is 5.27. The van der Waals surface area contributed by atoms with Crippen molar-refractivity contribution in [3.05, 3.63) is 74.7 Å². The zero-order valence-electron chi connectivity index (χ0n) is 15.0. The Kier molecular flexibility index (Phi) is 7.77. The summed E-state index contributed by atoms with van der Waals surface area (Å²) >= 11 is 6.78. The van der Waals surface area contributed by atoms with Crippen LogP contribution in [0.2, 0.25) is 0 Å². The van der Waals surface area contributed by atoms with Crippen molar-refractivity contribution in [2.45, 2.75) is 31.5 Å². The van der Waals surface area contributed by atoms with Gasteiger partial charge in [0.25, 0.3) is 0 Å². The lowest BCUT2D eigenvalue weighted by atomic mass is 9.79. The molecule has 2 aromatic carbocycles. The van der Waals surface area contributed by atoms with Crippen molar-refractivity contribution in [1.82, 2.24) is 0 Å². The summed E-state index contributed by atoms with van der Waals surface area (Å²) in [4.78, 5) is 12.5. The fourth-order valence-electron chi connectivity index (χ4n) is 2.81. The molecule has 6 heteroatoms. The summed E-state index contributed by atoms with van der Waals surface area (Å²) < 4.78 is 22.5. The molecule has 0 spiro atoms. The molecule has 3 nitrogen and oxygen atoms in total. The van der Waals surface area contributed by atoms with E-state index in [2.05, 4.69) is 31.9 Å². The van der Waals surface area contributed by atoms with Crippen LogP contribution in [-0.4, -0.2) is 29.5 Å². The van der Waals surface area contributed by atoms with Gasteiger partial charge in [-0.2, -0.15) is 0 Å². The van der Waals surface area contributed by atoms with Crippen LogP contribution >= 0.6 is 31.9 Å². The molecular formula is C21H21Br2FO3. The lowest BCUT2D eigenvalue weighted by Gasteiger charge is -2.32. The largest absolute Gasteiger partial charge is 0.464 e. The number of alkyl halides is 1. The Hall–Kier alpha value is -1.50. The van der Waals surface area contributed by atoms with E-state index in [1.54, 1.807) is 37.3 Å². The molecule has 0 aliphatic rings. The van der Waals surface area contributed by atoms with Crippen LogP contribution in [0.3, 0.4) is 0 Å². The van der Waals surface area contributed by atoms with Crippen molar-refractivity contribution in [2.24, 2.45) is 0 Å². The lowest BCUT2D eigenvalue weighted by Crippen LogP contribution is -2.49. The topological polar surface area (TPSA) is 46.5 Å². The highest BCUT2D eigenvalue weighted by molar-refractivity contribution is 9.10. The number of allylic oxidation sites excluding steroid dienone is 1. The summed E-state index contributed by atoms with van der Waals surface area (Å²) in [6, 6.07) is 14.5. The Morgan fingerprint density at radius 3 is 2.41 bits per heavy atom. The number of ether oxygens (including phenoxy) is 1. The highest BCUT2D eigenvalue weighted by atomic mass is 79.9. The number of aliphatic hydroxyl groups excluding tert-OH is 1. The molecule has 3 unspecified atom stereocenters. The van der Waals surface area contributed by atoms with E-state index in [0.29, 0.717) is 5.56 Å². The van der Waals surface area contributed by atoms with E-state index in [0.717, 1.165) is 14.5 Å². The van der Waals surface area contributed by atoms with Crippen molar-refractivity contribution < 1.29 is 19.0 Å². The molecule has 2 rings (SSSR count). The van der Waals surface area contributed by atoms with E-state index in [-0.39, 0.29) is 6.61 Å². The van der Waals surface area contributed by atoms with E-state index >= 15 is 4.39 Å². The molecule has 0 aliphatic carbocycles. The Labute approximate surface area is 175 Å². The summed E-state index contributed by atoms with van der Waals surface area (Å²) in [6.45, 7) is 2.89. The van der Waals surface area contributed by atoms with Gasteiger partial charge < -0.3 is 9.84 Å². The Morgan fingerprint density at radius 2 is 1.85 bits per heavy atom. The van der Waals surface area contributed by atoms with Gasteiger partial charge in [0, 0.05) is 8.95 Å². The fourth-order valence-corrected chi connectivity index (χ4v) is 3.64. The minimum absolute atomic E-state index is 0.0256. The molecule has 0 aliphatic heterocycles. The average molecular weight is 500 g/mol. The summed E-state index contributed by atoms with van der Waals surface area (Å²) in [6.07, 6.45) is 1.76. The van der Waals surface area contributed by atoms with Crippen LogP contribution in [-0.2, 0) is 9.53 Å². The second-order valence-corrected chi connectivity index (χ2v) is 7.94. The quantitative estimate of drug-likeness (QED) is 0.500. The minimum atomic E-state index is -2.63. The van der Waals surface area contributed by atoms with E-state index in [4.69, 9.17) is 4.74 Å². The number of hydrogen-bond donors (Lipinski definition) is 1. The second kappa shape index (κ2) is 9.62. The first kappa shape index (κ1) is 21.8. The molecule has 0 bridgehead atoms. The Balaban J connectivity index is 2.56. The first-order chi connectivity index (χ1) is 12.8. The summed E-state index contributed by atoms with van der Waals surface area (Å²) in [5.74, 6) is -2.11. The maximum Gasteiger partial charge on any atom is 0.347 e. The summed E-state index contributed by atoms with van der Waals surface area (Å²) in [5.41, 5.74) is -1.24. The molecule has 0 amide bonds. The van der Waals surface area contributed by atoms with Gasteiger partial charge in [0.1, 0.15) is 0 Å². The van der Waals surface area contributed by atoms with Crippen molar-refractivity contribution in [1.29, 1.82) is 0 Å². The van der Waals surface area contributed by atoms with Crippen molar-refractivity contribution >= 4 is 43.9 Å². The Bertz CT molecular complexity index is 823. The van der Waals surface area contributed by atoms with Gasteiger partial charge in [-0.15, -0.1) is 0 Å². The van der Waals surface area contributed by atoms with Gasteiger partial charge >= 0.3 is 5.97 Å². The smallest absolute Gasteiger partial charge is 0.347 e. The van der Waals surface area contributed by atoms with Gasteiger partial charge in [0.15, 0.2) is 0 Å². The monoisotopic (exact) mass is 498 g/mol. The third-order valence-electron chi connectivity index (χ3n) is 4.19. The zero-order valence-corrected chi connectivity index (χ0v) is 18.2. The van der Waals surface area contributed by atoms with E-state index < -0.39 is 23.7 Å². The highest BCUT2D eigenvalue weighted by Crippen LogP contribution is 2.39. The van der Waals surface area contributed by atoms with Crippen LogP contribution in [0.15, 0.2) is 63.6 Å². The molecule has 3 atom stereocenters. The number of rotatable bonds is 7. The Morgan fingerprint density at radius 1 is 1.22 bits per heavy atom. The number of esters is 1. The average Bonchev–Trinajstić information content (AvgIpc) is 2.61. The molecule has 0 heterocycles. The molecule has 0 fully saturated rings. The standard InChI is InChI=1S/C21H21Br2FO3/c1-3-27-20(26)21(24,14(2)25)19(16-7-5-9-18(23)13-16)11-10-15-6-4-8-17(22)12-15/h4-14,19,25H,3H2,1-2H3/b11-10+. The zero-order chi connectivity index (χ0) is 20.0. The normalized spacial score (nSPS) is 15.9. The first-order valence-corrected chi connectivity index (χ1v) is 10.1. The second-order valence-electron chi connectivity index (χ2n) is 6.11. The first-order valence-electron chi connectivity index (χ1n) is 8.52. The lowest BCUT2D eigenvalue weighted by molar-refractivity contribution is -0.166. The van der Waals surface area contributed by atoms with Crippen molar-refractivity contribution in [3.63, 3.8) is 0 Å².